The zero-order chi connectivity index (χ0) is 20.1. The molecule has 8 heteroatoms. The third kappa shape index (κ3) is 4.64. The van der Waals surface area contributed by atoms with Crippen molar-refractivity contribution in [3.63, 3.8) is 0 Å². The van der Waals surface area contributed by atoms with Gasteiger partial charge in [0.2, 0.25) is 5.88 Å². The largest absolute Gasteiger partial charge is 0.438 e. The normalized spacial score (nSPS) is 11.1. The summed E-state index contributed by atoms with van der Waals surface area (Å²) in [4.78, 5) is 16.4. The van der Waals surface area contributed by atoms with E-state index in [4.69, 9.17) is 4.74 Å². The minimum absolute atomic E-state index is 0.0104. The molecule has 0 bridgehead atoms. The van der Waals surface area contributed by atoms with E-state index in [1.165, 1.54) is 48.7 Å². The summed E-state index contributed by atoms with van der Waals surface area (Å²) >= 11 is 0. The first-order chi connectivity index (χ1) is 13.3. The number of pyridine rings is 1. The van der Waals surface area contributed by atoms with E-state index in [1.807, 2.05) is 0 Å². The van der Waals surface area contributed by atoms with Crippen molar-refractivity contribution in [1.82, 2.24) is 10.3 Å². The van der Waals surface area contributed by atoms with Crippen molar-refractivity contribution in [3.8, 4) is 11.6 Å². The Labute approximate surface area is 157 Å². The first kappa shape index (κ1) is 19.3. The van der Waals surface area contributed by atoms with Crippen LogP contribution in [-0.2, 0) is 12.7 Å². The van der Waals surface area contributed by atoms with Gasteiger partial charge < -0.3 is 10.1 Å². The van der Waals surface area contributed by atoms with Crippen molar-refractivity contribution >= 4 is 5.91 Å². The van der Waals surface area contributed by atoms with Crippen LogP contribution in [-0.4, -0.2) is 10.9 Å². The van der Waals surface area contributed by atoms with Gasteiger partial charge in [-0.25, -0.2) is 9.37 Å². The third-order valence-electron chi connectivity index (χ3n) is 3.79. The highest BCUT2D eigenvalue weighted by molar-refractivity contribution is 5.96. The fourth-order valence-electron chi connectivity index (χ4n) is 2.40. The number of carbonyl (C=O) groups is 1. The van der Waals surface area contributed by atoms with Gasteiger partial charge >= 0.3 is 6.18 Å². The number of nitrogens with zero attached hydrogens (tertiary/aromatic N) is 1. The first-order valence-electron chi connectivity index (χ1n) is 8.16. The Morgan fingerprint density at radius 1 is 1.04 bits per heavy atom. The first-order valence-corrected chi connectivity index (χ1v) is 8.16. The lowest BCUT2D eigenvalue weighted by Crippen LogP contribution is -2.24. The van der Waals surface area contributed by atoms with Crippen LogP contribution in [0.25, 0.3) is 0 Å². The molecular weight excluding hydrogens is 376 g/mol. The number of rotatable bonds is 5. The van der Waals surface area contributed by atoms with Gasteiger partial charge in [0, 0.05) is 18.3 Å². The quantitative estimate of drug-likeness (QED) is 0.627. The molecule has 0 atom stereocenters. The Morgan fingerprint density at radius 2 is 1.82 bits per heavy atom. The van der Waals surface area contributed by atoms with Crippen molar-refractivity contribution < 1.29 is 27.1 Å². The molecule has 1 amide bonds. The van der Waals surface area contributed by atoms with Gasteiger partial charge in [-0.15, -0.1) is 0 Å². The lowest BCUT2D eigenvalue weighted by Gasteiger charge is -2.12. The molecule has 0 fully saturated rings. The molecule has 1 N–H and O–H groups in total. The Bertz CT molecular complexity index is 990. The highest BCUT2D eigenvalue weighted by atomic mass is 19.4. The average Bonchev–Trinajstić information content (AvgIpc) is 2.67. The van der Waals surface area contributed by atoms with E-state index in [0.29, 0.717) is 5.56 Å². The highest BCUT2D eigenvalue weighted by Gasteiger charge is 2.30. The lowest BCUT2D eigenvalue weighted by molar-refractivity contribution is -0.137. The lowest BCUT2D eigenvalue weighted by atomic mass is 10.2. The van der Waals surface area contributed by atoms with Crippen LogP contribution in [0.3, 0.4) is 0 Å². The Kier molecular flexibility index (Phi) is 5.58. The van der Waals surface area contributed by atoms with Crippen LogP contribution in [0.1, 0.15) is 21.5 Å². The fourth-order valence-corrected chi connectivity index (χ4v) is 2.40. The van der Waals surface area contributed by atoms with Crippen molar-refractivity contribution in [2.45, 2.75) is 12.7 Å². The maximum Gasteiger partial charge on any atom is 0.416 e. The molecule has 2 aromatic carbocycles. The van der Waals surface area contributed by atoms with Crippen molar-refractivity contribution in [2.75, 3.05) is 0 Å². The fraction of sp³-hybridized carbons (Fsp3) is 0.100. The number of nitrogens with one attached hydrogen (secondary N) is 1. The SMILES string of the molecule is O=C(NCc1ccccc1F)c1cccnc1Oc1cccc(C(F)(F)F)c1. The predicted molar refractivity (Wildman–Crippen MR) is 93.3 cm³/mol. The second-order valence-electron chi connectivity index (χ2n) is 5.76. The predicted octanol–water partition coefficient (Wildman–Crippen LogP) is 4.96. The summed E-state index contributed by atoms with van der Waals surface area (Å²) in [5, 5.41) is 2.54. The molecule has 0 radical (unpaired) electrons. The van der Waals surface area contributed by atoms with Gasteiger partial charge in [-0.2, -0.15) is 13.2 Å². The van der Waals surface area contributed by atoms with Gasteiger partial charge in [0.1, 0.15) is 17.1 Å². The van der Waals surface area contributed by atoms with Crippen LogP contribution in [0.2, 0.25) is 0 Å². The summed E-state index contributed by atoms with van der Waals surface area (Å²) in [6, 6.07) is 13.1. The van der Waals surface area contributed by atoms with Gasteiger partial charge in [-0.05, 0) is 36.4 Å². The molecule has 0 aliphatic heterocycles. The number of alkyl halides is 3. The number of hydrogen-bond acceptors (Lipinski definition) is 3. The summed E-state index contributed by atoms with van der Waals surface area (Å²) in [5.41, 5.74) is -0.581. The molecule has 0 unspecified atom stereocenters. The summed E-state index contributed by atoms with van der Waals surface area (Å²) in [6.45, 7) is -0.0661. The molecule has 0 saturated heterocycles. The van der Waals surface area contributed by atoms with Crippen molar-refractivity contribution in [3.05, 3.63) is 89.4 Å². The molecule has 0 aliphatic carbocycles. The van der Waals surface area contributed by atoms with E-state index in [1.54, 1.807) is 6.07 Å². The van der Waals surface area contributed by atoms with E-state index >= 15 is 0 Å². The number of amides is 1. The molecule has 1 heterocycles. The minimum Gasteiger partial charge on any atom is -0.438 e. The van der Waals surface area contributed by atoms with E-state index in [9.17, 15) is 22.4 Å². The van der Waals surface area contributed by atoms with E-state index in [-0.39, 0.29) is 23.7 Å². The van der Waals surface area contributed by atoms with Crippen molar-refractivity contribution in [1.29, 1.82) is 0 Å². The minimum atomic E-state index is -4.52. The van der Waals surface area contributed by atoms with Crippen LogP contribution in [0, 0.1) is 5.82 Å². The number of hydrogen-bond donors (Lipinski definition) is 1. The molecule has 3 rings (SSSR count). The van der Waals surface area contributed by atoms with E-state index in [2.05, 4.69) is 10.3 Å². The van der Waals surface area contributed by atoms with Crippen molar-refractivity contribution in [2.24, 2.45) is 0 Å². The molecule has 4 nitrogen and oxygen atoms in total. The van der Waals surface area contributed by atoms with Gasteiger partial charge in [-0.1, -0.05) is 24.3 Å². The smallest absolute Gasteiger partial charge is 0.416 e. The molecule has 28 heavy (non-hydrogen) atoms. The molecule has 144 valence electrons. The Balaban J connectivity index is 1.78. The number of halogens is 4. The second-order valence-corrected chi connectivity index (χ2v) is 5.76. The summed E-state index contributed by atoms with van der Waals surface area (Å²) in [6.07, 6.45) is -3.18. The summed E-state index contributed by atoms with van der Waals surface area (Å²) in [7, 11) is 0. The van der Waals surface area contributed by atoms with Gasteiger partial charge in [0.05, 0.1) is 5.56 Å². The standard InChI is InChI=1S/C20H14F4N2O2/c21-17-9-2-1-5-13(17)12-26-18(27)16-8-4-10-25-19(16)28-15-7-3-6-14(11-15)20(22,23)24/h1-11H,12H2,(H,26,27). The van der Waals surface area contributed by atoms with E-state index in [0.717, 1.165) is 12.1 Å². The average molecular weight is 390 g/mol. The van der Waals surface area contributed by atoms with Crippen LogP contribution in [0.4, 0.5) is 17.6 Å². The molecule has 0 spiro atoms. The molecule has 0 aliphatic rings. The highest BCUT2D eigenvalue weighted by Crippen LogP contribution is 2.32. The monoisotopic (exact) mass is 390 g/mol. The maximum absolute atomic E-state index is 13.7. The number of aromatic nitrogens is 1. The number of carbonyl (C=O) groups excluding carboxylic acids is 1. The zero-order valence-corrected chi connectivity index (χ0v) is 14.3. The molecule has 0 saturated carbocycles. The number of benzene rings is 2. The molecular formula is C20H14F4N2O2. The Hall–Kier alpha value is -3.42. The third-order valence-corrected chi connectivity index (χ3v) is 3.79. The zero-order valence-electron chi connectivity index (χ0n) is 14.3. The van der Waals surface area contributed by atoms with Gasteiger partial charge in [0.25, 0.3) is 5.91 Å². The summed E-state index contributed by atoms with van der Waals surface area (Å²) in [5.74, 6) is -1.34. The second kappa shape index (κ2) is 8.08. The van der Waals surface area contributed by atoms with Crippen LogP contribution < -0.4 is 10.1 Å². The van der Waals surface area contributed by atoms with Gasteiger partial charge in [-0.3, -0.25) is 4.79 Å². The Morgan fingerprint density at radius 3 is 2.57 bits per heavy atom. The number of ether oxygens (including phenoxy) is 1. The van der Waals surface area contributed by atoms with Crippen LogP contribution in [0.15, 0.2) is 66.9 Å². The van der Waals surface area contributed by atoms with E-state index < -0.39 is 23.5 Å². The van der Waals surface area contributed by atoms with Gasteiger partial charge in [0.15, 0.2) is 0 Å². The van der Waals surface area contributed by atoms with Crippen LogP contribution >= 0.6 is 0 Å². The summed E-state index contributed by atoms with van der Waals surface area (Å²) < 4.78 is 57.6. The molecule has 1 aromatic heterocycles. The topological polar surface area (TPSA) is 51.2 Å². The maximum atomic E-state index is 13.7. The van der Waals surface area contributed by atoms with Crippen LogP contribution in [0.5, 0.6) is 11.6 Å². The molecule has 3 aromatic rings.